The molecule has 6 heteroatoms. The molecule has 0 aliphatic rings. The van der Waals surface area contributed by atoms with E-state index in [1.165, 1.54) is 4.68 Å². The van der Waals surface area contributed by atoms with Gasteiger partial charge in [-0.05, 0) is 25.1 Å². The first-order chi connectivity index (χ1) is 9.48. The molecule has 0 amide bonds. The molecule has 0 radical (unpaired) electrons. The summed E-state index contributed by atoms with van der Waals surface area (Å²) in [5, 5.41) is 4.23. The maximum absolute atomic E-state index is 13.0. The number of para-hydroxylation sites is 1. The Labute approximate surface area is 112 Å². The van der Waals surface area contributed by atoms with Crippen molar-refractivity contribution < 1.29 is 13.2 Å². The van der Waals surface area contributed by atoms with Crippen molar-refractivity contribution >= 4 is 11.0 Å². The fourth-order valence-corrected chi connectivity index (χ4v) is 2.20. The lowest BCUT2D eigenvalue weighted by Crippen LogP contribution is -2.06. The molecule has 0 unspecified atom stereocenters. The van der Waals surface area contributed by atoms with Crippen LogP contribution in [0.25, 0.3) is 16.7 Å². The van der Waals surface area contributed by atoms with Gasteiger partial charge >= 0.3 is 6.18 Å². The summed E-state index contributed by atoms with van der Waals surface area (Å²) in [5.41, 5.74) is 0.493. The van der Waals surface area contributed by atoms with Crippen LogP contribution in [0.2, 0.25) is 0 Å². The van der Waals surface area contributed by atoms with Gasteiger partial charge in [0.2, 0.25) is 0 Å². The fraction of sp³-hybridized carbons (Fsp3) is 0.143. The highest BCUT2D eigenvalue weighted by molar-refractivity contribution is 5.83. The number of aryl methyl sites for hydroxylation is 1. The van der Waals surface area contributed by atoms with Gasteiger partial charge < -0.3 is 0 Å². The highest BCUT2D eigenvalue weighted by Gasteiger charge is 2.34. The lowest BCUT2D eigenvalue weighted by molar-refractivity contribution is -0.136. The monoisotopic (exact) mass is 277 g/mol. The Hall–Kier alpha value is -2.37. The van der Waals surface area contributed by atoms with E-state index in [0.29, 0.717) is 11.4 Å². The van der Waals surface area contributed by atoms with Gasteiger partial charge in [-0.25, -0.2) is 9.67 Å². The minimum absolute atomic E-state index is 0.0452. The third kappa shape index (κ3) is 1.93. The van der Waals surface area contributed by atoms with Crippen LogP contribution in [0, 0.1) is 6.92 Å². The molecular weight excluding hydrogens is 267 g/mol. The summed E-state index contributed by atoms with van der Waals surface area (Å²) in [6.45, 7) is 1.55. The molecule has 2 heterocycles. The Balaban J connectivity index is 2.34. The van der Waals surface area contributed by atoms with Gasteiger partial charge in [-0.15, -0.1) is 0 Å². The maximum atomic E-state index is 13.0. The number of nitrogens with zero attached hydrogens (tertiary/aromatic N) is 3. The quantitative estimate of drug-likeness (QED) is 0.678. The van der Waals surface area contributed by atoms with E-state index >= 15 is 0 Å². The Bertz CT molecular complexity index is 760. The maximum Gasteiger partial charge on any atom is 0.417 e. The number of rotatable bonds is 1. The number of hydrogen-bond acceptors (Lipinski definition) is 2. The number of aromatic nitrogens is 3. The minimum atomic E-state index is -4.42. The molecule has 3 aromatic rings. The molecule has 3 rings (SSSR count). The summed E-state index contributed by atoms with van der Waals surface area (Å²) < 4.78 is 40.6. The largest absolute Gasteiger partial charge is 0.417 e. The molecule has 20 heavy (non-hydrogen) atoms. The van der Waals surface area contributed by atoms with Crippen LogP contribution < -0.4 is 0 Å². The smallest absolute Gasteiger partial charge is 0.236 e. The van der Waals surface area contributed by atoms with Gasteiger partial charge in [0.05, 0.1) is 22.3 Å². The van der Waals surface area contributed by atoms with E-state index in [1.807, 2.05) is 6.07 Å². The predicted octanol–water partition coefficient (Wildman–Crippen LogP) is 3.75. The standard InChI is InChI=1S/C14H10F3N3/c1-9-12-11(14(15,16)17)7-8-18-13(12)20(19-9)10-5-3-2-4-6-10/h2-8H,1H3. The summed E-state index contributed by atoms with van der Waals surface area (Å²) >= 11 is 0. The molecule has 3 nitrogen and oxygen atoms in total. The van der Waals surface area contributed by atoms with E-state index in [1.54, 1.807) is 31.2 Å². The van der Waals surface area contributed by atoms with Gasteiger partial charge in [-0.1, -0.05) is 18.2 Å². The summed E-state index contributed by atoms with van der Waals surface area (Å²) in [4.78, 5) is 4.05. The van der Waals surface area contributed by atoms with E-state index in [4.69, 9.17) is 0 Å². The molecule has 0 atom stereocenters. The zero-order valence-electron chi connectivity index (χ0n) is 10.5. The molecular formula is C14H10F3N3. The van der Waals surface area contributed by atoms with Crippen LogP contribution in [-0.2, 0) is 6.18 Å². The Morgan fingerprint density at radius 2 is 1.75 bits per heavy atom. The second-order valence-electron chi connectivity index (χ2n) is 4.39. The van der Waals surface area contributed by atoms with Crippen LogP contribution in [0.4, 0.5) is 13.2 Å². The van der Waals surface area contributed by atoms with Crippen LogP contribution in [-0.4, -0.2) is 14.8 Å². The summed E-state index contributed by atoms with van der Waals surface area (Å²) in [5.74, 6) is 0. The second kappa shape index (κ2) is 4.33. The number of pyridine rings is 1. The van der Waals surface area contributed by atoms with E-state index < -0.39 is 11.7 Å². The molecule has 0 saturated carbocycles. The Morgan fingerprint density at radius 3 is 2.40 bits per heavy atom. The van der Waals surface area contributed by atoms with Crippen molar-refractivity contribution in [2.75, 3.05) is 0 Å². The normalized spacial score (nSPS) is 12.0. The van der Waals surface area contributed by atoms with Crippen molar-refractivity contribution in [3.05, 3.63) is 53.9 Å². The van der Waals surface area contributed by atoms with Gasteiger partial charge in [0, 0.05) is 6.20 Å². The van der Waals surface area contributed by atoms with Gasteiger partial charge in [0.25, 0.3) is 0 Å². The highest BCUT2D eigenvalue weighted by Crippen LogP contribution is 2.35. The van der Waals surface area contributed by atoms with E-state index in [2.05, 4.69) is 10.1 Å². The van der Waals surface area contributed by atoms with Crippen molar-refractivity contribution in [1.29, 1.82) is 0 Å². The third-order valence-corrected chi connectivity index (χ3v) is 3.05. The lowest BCUT2D eigenvalue weighted by atomic mass is 10.1. The third-order valence-electron chi connectivity index (χ3n) is 3.05. The number of hydrogen-bond donors (Lipinski definition) is 0. The molecule has 0 saturated heterocycles. The molecule has 0 fully saturated rings. The average molecular weight is 277 g/mol. The molecule has 0 N–H and O–H groups in total. The van der Waals surface area contributed by atoms with Crippen molar-refractivity contribution in [1.82, 2.24) is 14.8 Å². The van der Waals surface area contributed by atoms with E-state index in [-0.39, 0.29) is 11.0 Å². The summed E-state index contributed by atoms with van der Waals surface area (Å²) in [7, 11) is 0. The molecule has 1 aromatic carbocycles. The SMILES string of the molecule is Cc1nn(-c2ccccc2)c2nccc(C(F)(F)F)c12. The van der Waals surface area contributed by atoms with Gasteiger partial charge in [-0.3, -0.25) is 0 Å². The van der Waals surface area contributed by atoms with Gasteiger partial charge in [-0.2, -0.15) is 18.3 Å². The second-order valence-corrected chi connectivity index (χ2v) is 4.39. The number of fused-ring (bicyclic) bond motifs is 1. The molecule has 0 bridgehead atoms. The predicted molar refractivity (Wildman–Crippen MR) is 68.6 cm³/mol. The highest BCUT2D eigenvalue weighted by atomic mass is 19.4. The van der Waals surface area contributed by atoms with Gasteiger partial charge in [0.15, 0.2) is 5.65 Å². The minimum Gasteiger partial charge on any atom is -0.236 e. The van der Waals surface area contributed by atoms with Crippen molar-refractivity contribution in [3.63, 3.8) is 0 Å². The lowest BCUT2D eigenvalue weighted by Gasteiger charge is -2.08. The van der Waals surface area contributed by atoms with Crippen LogP contribution in [0.1, 0.15) is 11.3 Å². The first kappa shape index (κ1) is 12.7. The van der Waals surface area contributed by atoms with Crippen molar-refractivity contribution in [2.45, 2.75) is 13.1 Å². The van der Waals surface area contributed by atoms with E-state index in [9.17, 15) is 13.2 Å². The first-order valence-corrected chi connectivity index (χ1v) is 5.95. The molecule has 0 aliphatic heterocycles. The number of benzene rings is 1. The molecule has 2 aromatic heterocycles. The van der Waals surface area contributed by atoms with Crippen LogP contribution in [0.5, 0.6) is 0 Å². The zero-order valence-corrected chi connectivity index (χ0v) is 10.5. The van der Waals surface area contributed by atoms with E-state index in [0.717, 1.165) is 12.3 Å². The zero-order chi connectivity index (χ0) is 14.3. The van der Waals surface area contributed by atoms with Crippen molar-refractivity contribution in [3.8, 4) is 5.69 Å². The molecule has 0 spiro atoms. The van der Waals surface area contributed by atoms with Gasteiger partial charge in [0.1, 0.15) is 0 Å². The summed E-state index contributed by atoms with van der Waals surface area (Å²) in [6.07, 6.45) is -3.26. The number of alkyl halides is 3. The number of halogens is 3. The summed E-state index contributed by atoms with van der Waals surface area (Å²) in [6, 6.07) is 9.95. The van der Waals surface area contributed by atoms with Crippen molar-refractivity contribution in [2.24, 2.45) is 0 Å². The Morgan fingerprint density at radius 1 is 1.05 bits per heavy atom. The average Bonchev–Trinajstić information content (AvgIpc) is 2.76. The molecule has 102 valence electrons. The Kier molecular flexibility index (Phi) is 2.74. The topological polar surface area (TPSA) is 30.7 Å². The molecule has 0 aliphatic carbocycles. The van der Waals surface area contributed by atoms with Crippen LogP contribution in [0.3, 0.4) is 0 Å². The fourth-order valence-electron chi connectivity index (χ4n) is 2.20. The first-order valence-electron chi connectivity index (χ1n) is 5.95. The van der Waals surface area contributed by atoms with Crippen LogP contribution in [0.15, 0.2) is 42.6 Å². The van der Waals surface area contributed by atoms with Crippen LogP contribution >= 0.6 is 0 Å².